The predicted molar refractivity (Wildman–Crippen MR) is 72.8 cm³/mol. The smallest absolute Gasteiger partial charge is 0.255 e. The van der Waals surface area contributed by atoms with Gasteiger partial charge in [0.2, 0.25) is 0 Å². The van der Waals surface area contributed by atoms with Crippen LogP contribution in [0.1, 0.15) is 24.2 Å². The van der Waals surface area contributed by atoms with Crippen molar-refractivity contribution in [2.75, 3.05) is 18.4 Å². The maximum absolute atomic E-state index is 13.1. The summed E-state index contributed by atoms with van der Waals surface area (Å²) in [5.74, 6) is -0.718. The van der Waals surface area contributed by atoms with Crippen LogP contribution < -0.4 is 0 Å². The third-order valence-electron chi connectivity index (χ3n) is 2.89. The highest BCUT2D eigenvalue weighted by atomic mass is 79.9. The molecular weight excluding hydrogens is 315 g/mol. The van der Waals surface area contributed by atoms with Crippen LogP contribution in [0, 0.1) is 5.82 Å². The minimum absolute atomic E-state index is 0.0609. The zero-order chi connectivity index (χ0) is 14.0. The monoisotopic (exact) mass is 330 g/mol. The van der Waals surface area contributed by atoms with Gasteiger partial charge in [0.05, 0.1) is 23.5 Å². The topological polar surface area (TPSA) is 42.4 Å². The first-order valence-corrected chi connectivity index (χ1v) is 7.17. The molecule has 19 heavy (non-hydrogen) atoms. The number of pyridine rings is 1. The van der Waals surface area contributed by atoms with Crippen molar-refractivity contribution < 1.29 is 13.9 Å². The van der Waals surface area contributed by atoms with E-state index in [1.54, 1.807) is 4.90 Å². The van der Waals surface area contributed by atoms with Crippen LogP contribution in [0.4, 0.5) is 4.39 Å². The molecule has 1 aliphatic rings. The maximum atomic E-state index is 13.1. The molecule has 2 rings (SSSR count). The lowest BCUT2D eigenvalue weighted by Gasteiger charge is -2.42. The van der Waals surface area contributed by atoms with E-state index >= 15 is 0 Å². The van der Waals surface area contributed by atoms with Gasteiger partial charge < -0.3 is 9.64 Å². The van der Waals surface area contributed by atoms with Crippen molar-refractivity contribution in [3.05, 3.63) is 29.8 Å². The van der Waals surface area contributed by atoms with Crippen molar-refractivity contribution in [1.82, 2.24) is 9.88 Å². The number of amides is 1. The summed E-state index contributed by atoms with van der Waals surface area (Å²) in [5.41, 5.74) is -0.140. The second-order valence-electron chi connectivity index (χ2n) is 5.23. The molecule has 4 nitrogen and oxygen atoms in total. The summed E-state index contributed by atoms with van der Waals surface area (Å²) in [4.78, 5) is 17.7. The lowest BCUT2D eigenvalue weighted by molar-refractivity contribution is -0.116. The van der Waals surface area contributed by atoms with E-state index in [-0.39, 0.29) is 17.6 Å². The van der Waals surface area contributed by atoms with Crippen molar-refractivity contribution in [2.45, 2.75) is 25.6 Å². The number of carbonyl (C=O) groups excluding carboxylic acids is 1. The van der Waals surface area contributed by atoms with Crippen LogP contribution in [-0.2, 0) is 4.74 Å². The molecule has 104 valence electrons. The number of aromatic nitrogens is 1. The summed E-state index contributed by atoms with van der Waals surface area (Å²) >= 11 is 3.37. The van der Waals surface area contributed by atoms with Crippen molar-refractivity contribution in [2.24, 2.45) is 0 Å². The van der Waals surface area contributed by atoms with E-state index in [2.05, 4.69) is 20.9 Å². The first kappa shape index (κ1) is 14.4. The lowest BCUT2D eigenvalue weighted by atomic mass is 10.0. The molecule has 0 bridgehead atoms. The lowest BCUT2D eigenvalue weighted by Crippen LogP contribution is -2.55. The Bertz CT molecular complexity index is 481. The number of morpholine rings is 1. The zero-order valence-electron chi connectivity index (χ0n) is 10.9. The van der Waals surface area contributed by atoms with Gasteiger partial charge in [-0.25, -0.2) is 4.39 Å². The molecule has 0 saturated carbocycles. The Labute approximate surface area is 120 Å². The van der Waals surface area contributed by atoms with Crippen LogP contribution in [0.3, 0.4) is 0 Å². The highest BCUT2D eigenvalue weighted by Gasteiger charge is 2.35. The van der Waals surface area contributed by atoms with Gasteiger partial charge in [-0.2, -0.15) is 0 Å². The molecule has 0 radical (unpaired) electrons. The van der Waals surface area contributed by atoms with E-state index in [4.69, 9.17) is 4.74 Å². The normalized spacial score (nSPS) is 22.3. The third kappa shape index (κ3) is 3.51. The second kappa shape index (κ2) is 5.54. The molecule has 1 aromatic rings. The molecule has 6 heteroatoms. The molecule has 0 spiro atoms. The molecular formula is C13H16BrFN2O2. The minimum atomic E-state index is -0.504. The second-order valence-corrected chi connectivity index (χ2v) is 5.88. The van der Waals surface area contributed by atoms with E-state index in [0.29, 0.717) is 18.4 Å². The van der Waals surface area contributed by atoms with Gasteiger partial charge in [-0.15, -0.1) is 0 Å². The van der Waals surface area contributed by atoms with Crippen LogP contribution in [-0.4, -0.2) is 45.9 Å². The number of alkyl halides is 1. The fourth-order valence-electron chi connectivity index (χ4n) is 2.24. The largest absolute Gasteiger partial charge is 0.368 e. The number of hydrogen-bond donors (Lipinski definition) is 0. The molecule has 0 N–H and O–H groups in total. The van der Waals surface area contributed by atoms with Gasteiger partial charge in [0.15, 0.2) is 0 Å². The molecule has 1 atom stereocenters. The average Bonchev–Trinajstić information content (AvgIpc) is 2.36. The Morgan fingerprint density at radius 3 is 3.00 bits per heavy atom. The standard InChI is InChI=1S/C13H16BrFN2O2/c1-13(2)8-17(7-11(4-14)19-13)12(18)9-3-10(15)6-16-5-9/h3,5-6,11H,4,7-8H2,1-2H3. The maximum Gasteiger partial charge on any atom is 0.255 e. The third-order valence-corrected chi connectivity index (χ3v) is 3.61. The Balaban J connectivity index is 2.18. The van der Waals surface area contributed by atoms with E-state index in [1.807, 2.05) is 13.8 Å². The van der Waals surface area contributed by atoms with Crippen molar-refractivity contribution in [3.63, 3.8) is 0 Å². The highest BCUT2D eigenvalue weighted by molar-refractivity contribution is 9.09. The quantitative estimate of drug-likeness (QED) is 0.781. The van der Waals surface area contributed by atoms with Crippen molar-refractivity contribution in [1.29, 1.82) is 0 Å². The zero-order valence-corrected chi connectivity index (χ0v) is 12.5. The van der Waals surface area contributed by atoms with E-state index in [9.17, 15) is 9.18 Å². The molecule has 1 saturated heterocycles. The van der Waals surface area contributed by atoms with Gasteiger partial charge in [0.25, 0.3) is 5.91 Å². The fraction of sp³-hybridized carbons (Fsp3) is 0.538. The van der Waals surface area contributed by atoms with Gasteiger partial charge in [0.1, 0.15) is 5.82 Å². The summed E-state index contributed by atoms with van der Waals surface area (Å²) in [6, 6.07) is 1.21. The summed E-state index contributed by atoms with van der Waals surface area (Å²) in [6.45, 7) is 4.84. The summed E-state index contributed by atoms with van der Waals surface area (Å²) in [6.07, 6.45) is 2.41. The van der Waals surface area contributed by atoms with Crippen LogP contribution in [0.5, 0.6) is 0 Å². The molecule has 2 heterocycles. The molecule has 1 amide bonds. The molecule has 1 fully saturated rings. The van der Waals surface area contributed by atoms with Crippen molar-refractivity contribution in [3.8, 4) is 0 Å². The van der Waals surface area contributed by atoms with Gasteiger partial charge in [-0.3, -0.25) is 9.78 Å². The molecule has 0 aliphatic carbocycles. The van der Waals surface area contributed by atoms with E-state index < -0.39 is 11.4 Å². The minimum Gasteiger partial charge on any atom is -0.368 e. The molecule has 1 aromatic heterocycles. The SMILES string of the molecule is CC1(C)CN(C(=O)c2cncc(F)c2)CC(CBr)O1. The first-order chi connectivity index (χ1) is 8.91. The van der Waals surface area contributed by atoms with Crippen LogP contribution >= 0.6 is 15.9 Å². The van der Waals surface area contributed by atoms with Gasteiger partial charge in [0, 0.05) is 24.6 Å². The molecule has 0 aromatic carbocycles. The molecule has 1 aliphatic heterocycles. The summed E-state index contributed by atoms with van der Waals surface area (Å²) in [5, 5.41) is 0.654. The predicted octanol–water partition coefficient (Wildman–Crippen LogP) is 2.24. The number of carbonyl (C=O) groups is 1. The summed E-state index contributed by atoms with van der Waals surface area (Å²) < 4.78 is 19.0. The van der Waals surface area contributed by atoms with Crippen molar-refractivity contribution >= 4 is 21.8 Å². The number of hydrogen-bond acceptors (Lipinski definition) is 3. The van der Waals surface area contributed by atoms with Gasteiger partial charge in [-0.1, -0.05) is 15.9 Å². The number of nitrogens with zero attached hydrogens (tertiary/aromatic N) is 2. The number of ether oxygens (including phenoxy) is 1. The number of halogens is 2. The first-order valence-electron chi connectivity index (χ1n) is 6.05. The Morgan fingerprint density at radius 2 is 2.37 bits per heavy atom. The van der Waals surface area contributed by atoms with E-state index in [1.165, 1.54) is 12.3 Å². The molecule has 1 unspecified atom stereocenters. The Kier molecular flexibility index (Phi) is 4.20. The summed E-state index contributed by atoms with van der Waals surface area (Å²) in [7, 11) is 0. The Morgan fingerprint density at radius 1 is 1.63 bits per heavy atom. The van der Waals surface area contributed by atoms with Gasteiger partial charge in [-0.05, 0) is 19.9 Å². The van der Waals surface area contributed by atoms with E-state index in [0.717, 1.165) is 6.20 Å². The number of rotatable bonds is 2. The van der Waals surface area contributed by atoms with Gasteiger partial charge >= 0.3 is 0 Å². The Hall–Kier alpha value is -1.01. The van der Waals surface area contributed by atoms with Crippen LogP contribution in [0.15, 0.2) is 18.5 Å². The fourth-order valence-corrected chi connectivity index (χ4v) is 2.58. The van der Waals surface area contributed by atoms with Crippen LogP contribution in [0.25, 0.3) is 0 Å². The highest BCUT2D eigenvalue weighted by Crippen LogP contribution is 2.23. The van der Waals surface area contributed by atoms with Crippen LogP contribution in [0.2, 0.25) is 0 Å². The average molecular weight is 331 g/mol.